The molecule has 0 atom stereocenters. The molecule has 0 aliphatic heterocycles. The summed E-state index contributed by atoms with van der Waals surface area (Å²) >= 11 is 0. The SMILES string of the molecule is CCCCCN(C(C)(C)O)C(C)(C)O. The van der Waals surface area contributed by atoms with Crippen molar-refractivity contribution in [2.45, 2.75) is 65.3 Å². The van der Waals surface area contributed by atoms with E-state index in [2.05, 4.69) is 6.92 Å². The molecule has 0 bridgehead atoms. The van der Waals surface area contributed by atoms with Crippen LogP contribution in [0.15, 0.2) is 0 Å². The number of rotatable bonds is 6. The molecule has 0 rings (SSSR count). The van der Waals surface area contributed by atoms with Crippen molar-refractivity contribution in [2.24, 2.45) is 0 Å². The summed E-state index contributed by atoms with van der Waals surface area (Å²) in [6.07, 6.45) is 3.28. The molecule has 0 saturated heterocycles. The van der Waals surface area contributed by atoms with Gasteiger partial charge in [-0.05, 0) is 34.1 Å². The van der Waals surface area contributed by atoms with Crippen LogP contribution in [-0.4, -0.2) is 33.1 Å². The van der Waals surface area contributed by atoms with Crippen LogP contribution in [0.3, 0.4) is 0 Å². The van der Waals surface area contributed by atoms with E-state index in [1.54, 1.807) is 32.6 Å². The molecule has 3 heteroatoms. The molecule has 0 heterocycles. The van der Waals surface area contributed by atoms with Gasteiger partial charge in [0.15, 0.2) is 0 Å². The lowest BCUT2D eigenvalue weighted by Gasteiger charge is -2.42. The van der Waals surface area contributed by atoms with Gasteiger partial charge in [0.05, 0.1) is 0 Å². The molecule has 0 aromatic rings. The topological polar surface area (TPSA) is 43.7 Å². The highest BCUT2D eigenvalue weighted by Crippen LogP contribution is 2.21. The average molecular weight is 203 g/mol. The standard InChI is InChI=1S/C11H25NO2/c1-6-7-8-9-12(10(2,3)13)11(4,5)14/h13-14H,6-9H2,1-5H3. The summed E-state index contributed by atoms with van der Waals surface area (Å²) in [6, 6.07) is 0. The highest BCUT2D eigenvalue weighted by atomic mass is 16.3. The van der Waals surface area contributed by atoms with E-state index in [1.165, 1.54) is 0 Å². The van der Waals surface area contributed by atoms with Crippen molar-refractivity contribution in [2.75, 3.05) is 6.54 Å². The van der Waals surface area contributed by atoms with E-state index < -0.39 is 11.4 Å². The Kier molecular flexibility index (Phi) is 5.06. The second-order valence-corrected chi connectivity index (χ2v) is 4.85. The number of unbranched alkanes of at least 4 members (excludes halogenated alkanes) is 2. The van der Waals surface area contributed by atoms with Crippen LogP contribution >= 0.6 is 0 Å². The number of nitrogens with zero attached hydrogens (tertiary/aromatic N) is 1. The first-order chi connectivity index (χ1) is 6.19. The smallest absolute Gasteiger partial charge is 0.115 e. The summed E-state index contributed by atoms with van der Waals surface area (Å²) in [4.78, 5) is 1.72. The minimum absolute atomic E-state index is 0.723. The largest absolute Gasteiger partial charge is 0.376 e. The Hall–Kier alpha value is -0.120. The van der Waals surface area contributed by atoms with Crippen LogP contribution in [0.4, 0.5) is 0 Å². The molecular weight excluding hydrogens is 178 g/mol. The zero-order valence-corrected chi connectivity index (χ0v) is 10.2. The van der Waals surface area contributed by atoms with Crippen molar-refractivity contribution in [1.29, 1.82) is 0 Å². The third kappa shape index (κ3) is 4.94. The average Bonchev–Trinajstić information content (AvgIpc) is 1.92. The Morgan fingerprint density at radius 1 is 0.929 bits per heavy atom. The molecular formula is C11H25NO2. The fourth-order valence-electron chi connectivity index (χ4n) is 1.74. The zero-order chi connectivity index (χ0) is 11.4. The Labute approximate surface area is 87.7 Å². The van der Waals surface area contributed by atoms with Crippen LogP contribution in [0, 0.1) is 0 Å². The summed E-state index contributed by atoms with van der Waals surface area (Å²) < 4.78 is 0. The van der Waals surface area contributed by atoms with E-state index in [1.807, 2.05) is 0 Å². The van der Waals surface area contributed by atoms with Gasteiger partial charge >= 0.3 is 0 Å². The van der Waals surface area contributed by atoms with E-state index in [9.17, 15) is 10.2 Å². The highest BCUT2D eigenvalue weighted by Gasteiger charge is 2.33. The van der Waals surface area contributed by atoms with Gasteiger partial charge in [0.1, 0.15) is 11.4 Å². The van der Waals surface area contributed by atoms with Crippen molar-refractivity contribution >= 4 is 0 Å². The fraction of sp³-hybridized carbons (Fsp3) is 1.00. The molecule has 14 heavy (non-hydrogen) atoms. The van der Waals surface area contributed by atoms with Gasteiger partial charge < -0.3 is 10.2 Å². The first-order valence-corrected chi connectivity index (χ1v) is 5.42. The molecule has 0 unspecified atom stereocenters. The first kappa shape index (κ1) is 13.9. The van der Waals surface area contributed by atoms with Gasteiger partial charge in [-0.15, -0.1) is 0 Å². The maximum absolute atomic E-state index is 9.88. The van der Waals surface area contributed by atoms with E-state index in [4.69, 9.17) is 0 Å². The molecule has 0 fully saturated rings. The Morgan fingerprint density at radius 2 is 1.36 bits per heavy atom. The van der Waals surface area contributed by atoms with Crippen LogP contribution in [0.2, 0.25) is 0 Å². The molecule has 0 radical (unpaired) electrons. The van der Waals surface area contributed by atoms with Crippen LogP contribution < -0.4 is 0 Å². The molecule has 0 aromatic carbocycles. The molecule has 0 aliphatic carbocycles. The molecule has 0 aliphatic rings. The molecule has 3 nitrogen and oxygen atoms in total. The van der Waals surface area contributed by atoms with Crippen LogP contribution in [-0.2, 0) is 0 Å². The van der Waals surface area contributed by atoms with Crippen LogP contribution in [0.25, 0.3) is 0 Å². The van der Waals surface area contributed by atoms with Crippen LogP contribution in [0.5, 0.6) is 0 Å². The van der Waals surface area contributed by atoms with Gasteiger partial charge in [-0.25, -0.2) is 4.90 Å². The van der Waals surface area contributed by atoms with E-state index >= 15 is 0 Å². The van der Waals surface area contributed by atoms with E-state index in [-0.39, 0.29) is 0 Å². The van der Waals surface area contributed by atoms with Crippen molar-refractivity contribution in [1.82, 2.24) is 4.90 Å². The highest BCUT2D eigenvalue weighted by molar-refractivity contribution is 4.77. The summed E-state index contributed by atoms with van der Waals surface area (Å²) in [6.45, 7) is 9.68. The van der Waals surface area contributed by atoms with Crippen LogP contribution in [0.1, 0.15) is 53.9 Å². The third-order valence-corrected chi connectivity index (χ3v) is 2.31. The lowest BCUT2D eigenvalue weighted by molar-refractivity contribution is -0.200. The van der Waals surface area contributed by atoms with Gasteiger partial charge in [0.25, 0.3) is 0 Å². The molecule has 0 aromatic heterocycles. The normalized spacial score (nSPS) is 13.7. The fourth-order valence-corrected chi connectivity index (χ4v) is 1.74. The third-order valence-electron chi connectivity index (χ3n) is 2.31. The summed E-state index contributed by atoms with van der Waals surface area (Å²) in [5, 5.41) is 19.8. The minimum atomic E-state index is -0.966. The van der Waals surface area contributed by atoms with Gasteiger partial charge in [-0.2, -0.15) is 0 Å². The number of hydrogen-bond acceptors (Lipinski definition) is 3. The Bertz CT molecular complexity index is 142. The molecule has 0 amide bonds. The van der Waals surface area contributed by atoms with E-state index in [0.29, 0.717) is 0 Å². The summed E-state index contributed by atoms with van der Waals surface area (Å²) in [5.74, 6) is 0. The second kappa shape index (κ2) is 5.10. The van der Waals surface area contributed by atoms with Gasteiger partial charge in [-0.1, -0.05) is 19.8 Å². The monoisotopic (exact) mass is 203 g/mol. The van der Waals surface area contributed by atoms with E-state index in [0.717, 1.165) is 25.8 Å². The van der Waals surface area contributed by atoms with Crippen molar-refractivity contribution in [3.8, 4) is 0 Å². The number of aliphatic hydroxyl groups is 2. The second-order valence-electron chi connectivity index (χ2n) is 4.85. The maximum Gasteiger partial charge on any atom is 0.115 e. The molecule has 2 N–H and O–H groups in total. The first-order valence-electron chi connectivity index (χ1n) is 5.42. The van der Waals surface area contributed by atoms with Gasteiger partial charge in [0, 0.05) is 6.54 Å². The molecule has 0 saturated carbocycles. The lowest BCUT2D eigenvalue weighted by Crippen LogP contribution is -2.55. The summed E-state index contributed by atoms with van der Waals surface area (Å²) in [7, 11) is 0. The quantitative estimate of drug-likeness (QED) is 0.512. The van der Waals surface area contributed by atoms with Crippen molar-refractivity contribution < 1.29 is 10.2 Å². The predicted molar refractivity (Wildman–Crippen MR) is 58.8 cm³/mol. The molecule has 0 spiro atoms. The predicted octanol–water partition coefficient (Wildman–Crippen LogP) is 1.94. The van der Waals surface area contributed by atoms with Crippen molar-refractivity contribution in [3.63, 3.8) is 0 Å². The number of hydrogen-bond donors (Lipinski definition) is 2. The zero-order valence-electron chi connectivity index (χ0n) is 10.2. The minimum Gasteiger partial charge on any atom is -0.376 e. The maximum atomic E-state index is 9.88. The molecule has 86 valence electrons. The van der Waals surface area contributed by atoms with Gasteiger partial charge in [-0.3, -0.25) is 0 Å². The summed E-state index contributed by atoms with van der Waals surface area (Å²) in [5.41, 5.74) is -1.93. The Balaban J connectivity index is 4.28. The van der Waals surface area contributed by atoms with Gasteiger partial charge in [0.2, 0.25) is 0 Å². The Morgan fingerprint density at radius 3 is 1.64 bits per heavy atom. The lowest BCUT2D eigenvalue weighted by atomic mass is 10.1. The van der Waals surface area contributed by atoms with Crippen molar-refractivity contribution in [3.05, 3.63) is 0 Å².